The van der Waals surface area contributed by atoms with Gasteiger partial charge >= 0.3 is 0 Å². The van der Waals surface area contributed by atoms with Crippen LogP contribution in [0.3, 0.4) is 0 Å². The van der Waals surface area contributed by atoms with E-state index < -0.39 is 5.92 Å². The van der Waals surface area contributed by atoms with Crippen molar-refractivity contribution in [2.45, 2.75) is 31.8 Å². The van der Waals surface area contributed by atoms with Crippen LogP contribution in [0.4, 0.5) is 5.69 Å². The van der Waals surface area contributed by atoms with Crippen molar-refractivity contribution in [3.63, 3.8) is 0 Å². The van der Waals surface area contributed by atoms with Gasteiger partial charge in [-0.25, -0.2) is 0 Å². The fourth-order valence-electron chi connectivity index (χ4n) is 2.45. The Morgan fingerprint density at radius 1 is 1.50 bits per heavy atom. The second-order valence-corrected chi connectivity index (χ2v) is 5.45. The van der Waals surface area contributed by atoms with E-state index >= 15 is 0 Å². The van der Waals surface area contributed by atoms with E-state index in [1.54, 1.807) is 6.92 Å². The summed E-state index contributed by atoms with van der Waals surface area (Å²) < 4.78 is 6.03. The summed E-state index contributed by atoms with van der Waals surface area (Å²) in [6.07, 6.45) is 7.52. The zero-order valence-electron chi connectivity index (χ0n) is 11.3. The third-order valence-corrected chi connectivity index (χ3v) is 3.94. The smallest absolute Gasteiger partial charge is 0.241 e. The van der Waals surface area contributed by atoms with Crippen LogP contribution in [-0.2, 0) is 4.79 Å². The first-order chi connectivity index (χ1) is 9.62. The number of benzene rings is 1. The van der Waals surface area contributed by atoms with Crippen molar-refractivity contribution in [2.24, 2.45) is 5.92 Å². The highest BCUT2D eigenvalue weighted by Crippen LogP contribution is 2.43. The monoisotopic (exact) mass is 268 g/mol. The number of ether oxygens (including phenoxy) is 1. The maximum atomic E-state index is 11.7. The maximum absolute atomic E-state index is 11.7. The number of fused-ring (bicyclic) bond motifs is 1. The number of carbonyl (C=O) groups excluding carboxylic acids is 1. The number of nitrogens with zero attached hydrogens (tertiary/aromatic N) is 1. The van der Waals surface area contributed by atoms with Crippen LogP contribution in [0.1, 0.15) is 31.7 Å². The molecule has 1 amide bonds. The molecule has 1 aromatic rings. The molecular formula is C16H16N2O2. The average molecular weight is 268 g/mol. The summed E-state index contributed by atoms with van der Waals surface area (Å²) in [6.45, 7) is 1.58. The quantitative estimate of drug-likeness (QED) is 0.896. The third kappa shape index (κ3) is 2.16. The van der Waals surface area contributed by atoms with E-state index in [0.29, 0.717) is 5.69 Å². The molecule has 102 valence electrons. The Kier molecular flexibility index (Phi) is 2.98. The standard InChI is InChI=1S/C16H16N2O2/c1-11(10-17)15(19)18-13-3-4-14-12(9-13)5-8-16(20-14)6-2-7-16/h3-5,8-9,11H,2,6-7H2,1H3,(H,18,19). The van der Waals surface area contributed by atoms with E-state index in [1.165, 1.54) is 6.42 Å². The minimum atomic E-state index is -0.656. The lowest BCUT2D eigenvalue weighted by Crippen LogP contribution is -2.42. The Morgan fingerprint density at radius 3 is 2.95 bits per heavy atom. The molecule has 4 heteroatoms. The number of carbonyl (C=O) groups is 1. The number of hydrogen-bond acceptors (Lipinski definition) is 3. The van der Waals surface area contributed by atoms with Gasteiger partial charge in [0.1, 0.15) is 17.3 Å². The first kappa shape index (κ1) is 12.7. The molecule has 1 unspecified atom stereocenters. The van der Waals surface area contributed by atoms with Gasteiger partial charge in [-0.3, -0.25) is 4.79 Å². The highest BCUT2D eigenvalue weighted by atomic mass is 16.5. The minimum Gasteiger partial charge on any atom is -0.483 e. The van der Waals surface area contributed by atoms with Crippen LogP contribution in [0.25, 0.3) is 6.08 Å². The summed E-state index contributed by atoms with van der Waals surface area (Å²) in [5.41, 5.74) is 1.56. The van der Waals surface area contributed by atoms with Gasteiger partial charge < -0.3 is 10.1 Å². The van der Waals surface area contributed by atoms with Gasteiger partial charge in [0.2, 0.25) is 5.91 Å². The zero-order chi connectivity index (χ0) is 14.2. The predicted octanol–water partition coefficient (Wildman–Crippen LogP) is 3.11. The van der Waals surface area contributed by atoms with Gasteiger partial charge in [0.25, 0.3) is 0 Å². The molecule has 0 bridgehead atoms. The Hall–Kier alpha value is -2.28. The molecule has 1 saturated carbocycles. The summed E-state index contributed by atoms with van der Waals surface area (Å²) in [7, 11) is 0. The van der Waals surface area contributed by atoms with Crippen LogP contribution in [0.15, 0.2) is 24.3 Å². The SMILES string of the molecule is CC(C#N)C(=O)Nc1ccc2c(c1)C=CC1(CCC1)O2. The van der Waals surface area contributed by atoms with Crippen molar-refractivity contribution in [1.82, 2.24) is 0 Å². The number of hydrogen-bond donors (Lipinski definition) is 1. The van der Waals surface area contributed by atoms with E-state index in [4.69, 9.17) is 10.00 Å². The van der Waals surface area contributed by atoms with E-state index in [-0.39, 0.29) is 11.5 Å². The Morgan fingerprint density at radius 2 is 2.30 bits per heavy atom. The molecule has 1 fully saturated rings. The van der Waals surface area contributed by atoms with Crippen LogP contribution in [0.2, 0.25) is 0 Å². The number of rotatable bonds is 2. The topological polar surface area (TPSA) is 62.1 Å². The van der Waals surface area contributed by atoms with Crippen LogP contribution in [-0.4, -0.2) is 11.5 Å². The first-order valence-electron chi connectivity index (χ1n) is 6.85. The van der Waals surface area contributed by atoms with Gasteiger partial charge in [-0.2, -0.15) is 5.26 Å². The van der Waals surface area contributed by atoms with E-state index in [2.05, 4.69) is 17.5 Å². The van der Waals surface area contributed by atoms with Crippen molar-refractivity contribution in [1.29, 1.82) is 5.26 Å². The molecule has 0 radical (unpaired) electrons. The molecular weight excluding hydrogens is 252 g/mol. The van der Waals surface area contributed by atoms with E-state index in [0.717, 1.165) is 24.2 Å². The molecule has 1 N–H and O–H groups in total. The number of amides is 1. The zero-order valence-corrected chi connectivity index (χ0v) is 11.3. The van der Waals surface area contributed by atoms with Crippen molar-refractivity contribution in [3.8, 4) is 11.8 Å². The number of nitriles is 1. The first-order valence-corrected chi connectivity index (χ1v) is 6.85. The largest absolute Gasteiger partial charge is 0.483 e. The van der Waals surface area contributed by atoms with Crippen molar-refractivity contribution in [2.75, 3.05) is 5.32 Å². The normalized spacial score (nSPS) is 19.2. The molecule has 1 aliphatic carbocycles. The highest BCUT2D eigenvalue weighted by Gasteiger charge is 2.38. The molecule has 1 spiro atoms. The maximum Gasteiger partial charge on any atom is 0.241 e. The van der Waals surface area contributed by atoms with Crippen molar-refractivity contribution in [3.05, 3.63) is 29.8 Å². The van der Waals surface area contributed by atoms with Crippen LogP contribution in [0.5, 0.6) is 5.75 Å². The van der Waals surface area contributed by atoms with Gasteiger partial charge in [-0.15, -0.1) is 0 Å². The summed E-state index contributed by atoms with van der Waals surface area (Å²) in [4.78, 5) is 11.7. The molecule has 3 rings (SSSR count). The lowest BCUT2D eigenvalue weighted by molar-refractivity contribution is -0.117. The second kappa shape index (κ2) is 4.68. The highest BCUT2D eigenvalue weighted by molar-refractivity contribution is 5.94. The molecule has 0 saturated heterocycles. The number of nitrogens with one attached hydrogen (secondary N) is 1. The van der Waals surface area contributed by atoms with E-state index in [1.807, 2.05) is 24.3 Å². The molecule has 4 nitrogen and oxygen atoms in total. The minimum absolute atomic E-state index is 0.0902. The molecule has 20 heavy (non-hydrogen) atoms. The lowest BCUT2D eigenvalue weighted by Gasteiger charge is -2.41. The molecule has 0 aromatic heterocycles. The van der Waals surface area contributed by atoms with Gasteiger partial charge in [-0.1, -0.05) is 6.08 Å². The van der Waals surface area contributed by atoms with Gasteiger partial charge in [0.05, 0.1) is 6.07 Å². The Bertz CT molecular complexity index is 624. The van der Waals surface area contributed by atoms with Gasteiger partial charge in [-0.05, 0) is 50.5 Å². The second-order valence-electron chi connectivity index (χ2n) is 5.45. The molecule has 1 aliphatic heterocycles. The summed E-state index contributed by atoms with van der Waals surface area (Å²) in [5, 5.41) is 11.5. The Balaban J connectivity index is 1.78. The van der Waals surface area contributed by atoms with Crippen LogP contribution >= 0.6 is 0 Å². The van der Waals surface area contributed by atoms with Crippen LogP contribution < -0.4 is 10.1 Å². The van der Waals surface area contributed by atoms with E-state index in [9.17, 15) is 4.79 Å². The summed E-state index contributed by atoms with van der Waals surface area (Å²) >= 11 is 0. The molecule has 1 atom stereocenters. The molecule has 1 aromatic carbocycles. The van der Waals surface area contributed by atoms with Crippen LogP contribution in [0, 0.1) is 17.2 Å². The number of anilines is 1. The predicted molar refractivity (Wildman–Crippen MR) is 76.1 cm³/mol. The van der Waals surface area contributed by atoms with Crippen molar-refractivity contribution < 1.29 is 9.53 Å². The fourth-order valence-corrected chi connectivity index (χ4v) is 2.45. The summed E-state index contributed by atoms with van der Waals surface area (Å²) in [5.74, 6) is -0.0850. The summed E-state index contributed by atoms with van der Waals surface area (Å²) in [6, 6.07) is 7.49. The molecule has 2 aliphatic rings. The van der Waals surface area contributed by atoms with Gasteiger partial charge in [0, 0.05) is 11.3 Å². The fraction of sp³-hybridized carbons (Fsp3) is 0.375. The lowest BCUT2D eigenvalue weighted by atomic mass is 9.78. The third-order valence-electron chi connectivity index (χ3n) is 3.94. The molecule has 1 heterocycles. The van der Waals surface area contributed by atoms with Crippen molar-refractivity contribution >= 4 is 17.7 Å². The van der Waals surface area contributed by atoms with Gasteiger partial charge in [0.15, 0.2) is 0 Å². The average Bonchev–Trinajstić information content (AvgIpc) is 2.44. The Labute approximate surface area is 118 Å².